The summed E-state index contributed by atoms with van der Waals surface area (Å²) >= 11 is 0. The van der Waals surface area contributed by atoms with Crippen LogP contribution in [0.25, 0.3) is 5.82 Å². The van der Waals surface area contributed by atoms with E-state index in [1.165, 1.54) is 16.8 Å². The second-order valence-corrected chi connectivity index (χ2v) is 8.43. The number of hydrogen-bond donors (Lipinski definition) is 1. The lowest BCUT2D eigenvalue weighted by Crippen LogP contribution is -2.39. The van der Waals surface area contributed by atoms with Gasteiger partial charge in [-0.25, -0.2) is 18.4 Å². The number of rotatable bonds is 5. The Morgan fingerprint density at radius 1 is 1.35 bits per heavy atom. The van der Waals surface area contributed by atoms with Crippen LogP contribution < -0.4 is 5.32 Å². The van der Waals surface area contributed by atoms with Crippen molar-refractivity contribution in [1.82, 2.24) is 24.2 Å². The van der Waals surface area contributed by atoms with Gasteiger partial charge in [0.25, 0.3) is 5.91 Å². The molecule has 1 N–H and O–H groups in total. The van der Waals surface area contributed by atoms with Crippen molar-refractivity contribution in [1.29, 1.82) is 0 Å². The highest BCUT2D eigenvalue weighted by Crippen LogP contribution is 2.23. The predicted octanol–water partition coefficient (Wildman–Crippen LogP) is 1.44. The molecule has 0 spiro atoms. The normalized spacial score (nSPS) is 18.6. The van der Waals surface area contributed by atoms with Gasteiger partial charge in [-0.2, -0.15) is 4.31 Å². The fourth-order valence-corrected chi connectivity index (χ4v) is 4.55. The lowest BCUT2D eigenvalue weighted by Gasteiger charge is -2.29. The van der Waals surface area contributed by atoms with E-state index in [2.05, 4.69) is 22.2 Å². The molecule has 3 rings (SSSR count). The minimum absolute atomic E-state index is 0.180. The third kappa shape index (κ3) is 3.78. The molecule has 2 aromatic rings. The average Bonchev–Trinajstić information content (AvgIpc) is 3.12. The molecule has 8 nitrogen and oxygen atoms in total. The number of nitrogens with one attached hydrogen (secondary N) is 1. The molecule has 1 aliphatic heterocycles. The summed E-state index contributed by atoms with van der Waals surface area (Å²) in [5, 5.41) is 2.68. The molecule has 140 valence electrons. The predicted molar refractivity (Wildman–Crippen MR) is 96.5 cm³/mol. The van der Waals surface area contributed by atoms with Crippen LogP contribution in [0.4, 0.5) is 0 Å². The lowest BCUT2D eigenvalue weighted by molar-refractivity contribution is 0.0951. The van der Waals surface area contributed by atoms with Crippen molar-refractivity contribution in [3.63, 3.8) is 0 Å². The smallest absolute Gasteiger partial charge is 0.271 e. The topological polar surface area (TPSA) is 97.2 Å². The van der Waals surface area contributed by atoms with Gasteiger partial charge in [-0.3, -0.25) is 9.36 Å². The number of carbonyl (C=O) groups excluding carboxylic acids is 1. The molecule has 0 aromatic carbocycles. The fraction of sp³-hybridized carbons (Fsp3) is 0.471. The molecular formula is C17H23N5O3S. The summed E-state index contributed by atoms with van der Waals surface area (Å²) in [5.41, 5.74) is 0.285. The van der Waals surface area contributed by atoms with Gasteiger partial charge >= 0.3 is 0 Å². The zero-order valence-corrected chi connectivity index (χ0v) is 15.7. The molecule has 0 aliphatic carbocycles. The molecule has 1 saturated heterocycles. The summed E-state index contributed by atoms with van der Waals surface area (Å²) in [5.74, 6) is 0.605. The average molecular weight is 377 g/mol. The van der Waals surface area contributed by atoms with Crippen molar-refractivity contribution in [2.75, 3.05) is 19.6 Å². The number of carbonyl (C=O) groups is 1. The standard InChI is InChI=1S/C17H23N5O3S/c1-3-18-17(23)15-11-21(12-20-15)16-7-6-14(9-19-16)26(24,25)22-8-4-5-13(2)10-22/h6-7,9,11-13H,3-5,8,10H2,1-2H3,(H,18,23). The Labute approximate surface area is 153 Å². The van der Waals surface area contributed by atoms with Crippen molar-refractivity contribution in [2.24, 2.45) is 5.92 Å². The molecule has 2 aromatic heterocycles. The first-order valence-corrected chi connectivity index (χ1v) is 10.1. The summed E-state index contributed by atoms with van der Waals surface area (Å²) in [6, 6.07) is 3.16. The summed E-state index contributed by atoms with van der Waals surface area (Å²) in [6.45, 7) is 5.51. The number of hydrogen-bond acceptors (Lipinski definition) is 5. The molecule has 0 radical (unpaired) electrons. The molecule has 1 unspecified atom stereocenters. The van der Waals surface area contributed by atoms with Gasteiger partial charge in [0.2, 0.25) is 10.0 Å². The van der Waals surface area contributed by atoms with E-state index in [4.69, 9.17) is 0 Å². The van der Waals surface area contributed by atoms with E-state index in [1.54, 1.807) is 22.9 Å². The van der Waals surface area contributed by atoms with Crippen LogP contribution in [0.2, 0.25) is 0 Å². The zero-order chi connectivity index (χ0) is 18.7. The monoisotopic (exact) mass is 377 g/mol. The molecular weight excluding hydrogens is 354 g/mol. The van der Waals surface area contributed by atoms with Gasteiger partial charge in [0, 0.05) is 32.0 Å². The molecule has 1 fully saturated rings. The Morgan fingerprint density at radius 2 is 2.15 bits per heavy atom. The van der Waals surface area contributed by atoms with Crippen LogP contribution in [-0.2, 0) is 10.0 Å². The Morgan fingerprint density at radius 3 is 2.81 bits per heavy atom. The highest BCUT2D eigenvalue weighted by atomic mass is 32.2. The minimum atomic E-state index is -3.53. The van der Waals surface area contributed by atoms with Gasteiger partial charge in [0.1, 0.15) is 22.7 Å². The van der Waals surface area contributed by atoms with Crippen LogP contribution in [0.5, 0.6) is 0 Å². The molecule has 1 aliphatic rings. The summed E-state index contributed by atoms with van der Waals surface area (Å²) in [7, 11) is -3.53. The van der Waals surface area contributed by atoms with Gasteiger partial charge in [-0.05, 0) is 37.8 Å². The maximum atomic E-state index is 12.8. The third-order valence-corrected chi connectivity index (χ3v) is 6.24. The van der Waals surface area contributed by atoms with Crippen LogP contribution in [0, 0.1) is 5.92 Å². The quantitative estimate of drug-likeness (QED) is 0.850. The van der Waals surface area contributed by atoms with E-state index in [0.29, 0.717) is 31.4 Å². The number of piperidine rings is 1. The maximum Gasteiger partial charge on any atom is 0.271 e. The number of amides is 1. The van der Waals surface area contributed by atoms with Crippen molar-refractivity contribution < 1.29 is 13.2 Å². The Kier molecular flexibility index (Phi) is 5.38. The van der Waals surface area contributed by atoms with Gasteiger partial charge < -0.3 is 5.32 Å². The third-order valence-electron chi connectivity index (χ3n) is 4.40. The van der Waals surface area contributed by atoms with E-state index in [1.807, 2.05) is 6.92 Å². The van der Waals surface area contributed by atoms with E-state index < -0.39 is 10.0 Å². The molecule has 1 amide bonds. The highest BCUT2D eigenvalue weighted by Gasteiger charge is 2.28. The number of nitrogens with zero attached hydrogens (tertiary/aromatic N) is 4. The Balaban J connectivity index is 1.79. The zero-order valence-electron chi connectivity index (χ0n) is 14.9. The van der Waals surface area contributed by atoms with E-state index >= 15 is 0 Å². The van der Waals surface area contributed by atoms with Gasteiger partial charge in [0.15, 0.2) is 0 Å². The Hall–Kier alpha value is -2.26. The van der Waals surface area contributed by atoms with E-state index in [0.717, 1.165) is 12.8 Å². The summed E-state index contributed by atoms with van der Waals surface area (Å²) in [6.07, 6.45) is 6.33. The number of aromatic nitrogens is 3. The first-order valence-electron chi connectivity index (χ1n) is 8.70. The van der Waals surface area contributed by atoms with Crippen LogP contribution in [0.15, 0.2) is 35.7 Å². The SMILES string of the molecule is CCNC(=O)c1cn(-c2ccc(S(=O)(=O)N3CCCC(C)C3)cn2)cn1. The van der Waals surface area contributed by atoms with Crippen molar-refractivity contribution in [3.8, 4) is 5.82 Å². The second kappa shape index (κ2) is 7.55. The largest absolute Gasteiger partial charge is 0.351 e. The molecule has 26 heavy (non-hydrogen) atoms. The van der Waals surface area contributed by atoms with Crippen LogP contribution in [-0.4, -0.2) is 52.8 Å². The summed E-state index contributed by atoms with van der Waals surface area (Å²) in [4.78, 5) is 20.2. The van der Waals surface area contributed by atoms with Gasteiger partial charge in [-0.1, -0.05) is 6.92 Å². The Bertz CT molecular complexity index is 876. The van der Waals surface area contributed by atoms with Gasteiger partial charge in [-0.15, -0.1) is 0 Å². The second-order valence-electron chi connectivity index (χ2n) is 6.49. The first-order chi connectivity index (χ1) is 12.4. The number of imidazole rings is 1. The van der Waals surface area contributed by atoms with Crippen LogP contribution in [0.3, 0.4) is 0 Å². The number of pyridine rings is 1. The molecule has 9 heteroatoms. The number of sulfonamides is 1. The molecule has 0 bridgehead atoms. The van der Waals surface area contributed by atoms with E-state index in [-0.39, 0.29) is 16.5 Å². The fourth-order valence-electron chi connectivity index (χ4n) is 3.01. The molecule has 3 heterocycles. The van der Waals surface area contributed by atoms with E-state index in [9.17, 15) is 13.2 Å². The van der Waals surface area contributed by atoms with Crippen molar-refractivity contribution in [3.05, 3.63) is 36.5 Å². The minimum Gasteiger partial charge on any atom is -0.351 e. The van der Waals surface area contributed by atoms with Gasteiger partial charge in [0.05, 0.1) is 0 Å². The van der Waals surface area contributed by atoms with Crippen LogP contribution >= 0.6 is 0 Å². The van der Waals surface area contributed by atoms with Crippen LogP contribution in [0.1, 0.15) is 37.2 Å². The van der Waals surface area contributed by atoms with Crippen molar-refractivity contribution in [2.45, 2.75) is 31.6 Å². The molecule has 0 saturated carbocycles. The summed E-state index contributed by atoms with van der Waals surface area (Å²) < 4.78 is 28.6. The van der Waals surface area contributed by atoms with Crippen molar-refractivity contribution >= 4 is 15.9 Å². The molecule has 1 atom stereocenters. The highest BCUT2D eigenvalue weighted by molar-refractivity contribution is 7.89. The maximum absolute atomic E-state index is 12.8. The first kappa shape index (κ1) is 18.5. The lowest BCUT2D eigenvalue weighted by atomic mass is 10.0.